The predicted octanol–water partition coefficient (Wildman–Crippen LogP) is 1.35. The van der Waals surface area contributed by atoms with Gasteiger partial charge in [0.2, 0.25) is 0 Å². The van der Waals surface area contributed by atoms with Crippen LogP contribution in [0.2, 0.25) is 0 Å². The summed E-state index contributed by atoms with van der Waals surface area (Å²) in [5, 5.41) is 0.956. The van der Waals surface area contributed by atoms with Gasteiger partial charge in [-0.05, 0) is 6.42 Å². The Balaban J connectivity index is 2.19. The fraction of sp³-hybridized carbons (Fsp3) is 0.600. The molecule has 0 atom stereocenters. The van der Waals surface area contributed by atoms with E-state index in [1.54, 1.807) is 0 Å². The summed E-state index contributed by atoms with van der Waals surface area (Å²) in [6, 6.07) is 0. The number of carbonyl (C=O) groups excluding carboxylic acids is 1. The molecule has 0 unspecified atom stereocenters. The van der Waals surface area contributed by atoms with Gasteiger partial charge in [-0.15, -0.1) is 0 Å². The number of hydrogen-bond donors (Lipinski definition) is 0. The highest BCUT2D eigenvalue weighted by atomic mass is 32.1. The third-order valence-corrected chi connectivity index (χ3v) is 3.52. The van der Waals surface area contributed by atoms with Crippen LogP contribution in [-0.2, 0) is 11.2 Å². The first-order valence-corrected chi connectivity index (χ1v) is 5.94. The number of anilines is 1. The lowest BCUT2D eigenvalue weighted by atomic mass is 10.3. The highest BCUT2D eigenvalue weighted by Gasteiger charge is 2.17. The van der Waals surface area contributed by atoms with Crippen molar-refractivity contribution in [3.63, 3.8) is 0 Å². The lowest BCUT2D eigenvalue weighted by molar-refractivity contribution is 0.112. The third kappa shape index (κ3) is 2.18. The topological polar surface area (TPSA) is 42.4 Å². The molecular weight excluding hydrogens is 212 g/mol. The number of morpholine rings is 1. The molecule has 0 saturated carbocycles. The Labute approximate surface area is 92.9 Å². The van der Waals surface area contributed by atoms with Gasteiger partial charge in [-0.3, -0.25) is 4.79 Å². The maximum Gasteiger partial charge on any atom is 0.186 e. The van der Waals surface area contributed by atoms with Gasteiger partial charge in [-0.25, -0.2) is 4.98 Å². The molecular formula is C10H14N2O2S. The Morgan fingerprint density at radius 1 is 1.53 bits per heavy atom. The van der Waals surface area contributed by atoms with Crippen LogP contribution in [0.5, 0.6) is 0 Å². The van der Waals surface area contributed by atoms with Gasteiger partial charge in [0.05, 0.1) is 23.8 Å². The summed E-state index contributed by atoms with van der Waals surface area (Å²) < 4.78 is 5.28. The number of thiazole rings is 1. The zero-order chi connectivity index (χ0) is 10.7. The average Bonchev–Trinajstić information content (AvgIpc) is 2.73. The maximum atomic E-state index is 10.8. The summed E-state index contributed by atoms with van der Waals surface area (Å²) in [7, 11) is 0. The van der Waals surface area contributed by atoms with Crippen molar-refractivity contribution in [1.82, 2.24) is 4.98 Å². The van der Waals surface area contributed by atoms with Crippen LogP contribution in [0.25, 0.3) is 0 Å². The summed E-state index contributed by atoms with van der Waals surface area (Å²) in [5.74, 6) is 0. The molecule has 0 bridgehead atoms. The van der Waals surface area contributed by atoms with Crippen molar-refractivity contribution in [2.24, 2.45) is 0 Å². The summed E-state index contributed by atoms with van der Waals surface area (Å²) >= 11 is 1.48. The van der Waals surface area contributed by atoms with Gasteiger partial charge in [0.1, 0.15) is 0 Å². The van der Waals surface area contributed by atoms with Gasteiger partial charge in [-0.2, -0.15) is 0 Å². The summed E-state index contributed by atoms with van der Waals surface area (Å²) in [5.41, 5.74) is 0.913. The molecule has 0 aromatic carbocycles. The quantitative estimate of drug-likeness (QED) is 0.730. The molecule has 0 N–H and O–H groups in total. The van der Waals surface area contributed by atoms with E-state index < -0.39 is 0 Å². The average molecular weight is 226 g/mol. The number of nitrogens with zero attached hydrogens (tertiary/aromatic N) is 2. The van der Waals surface area contributed by atoms with Crippen LogP contribution in [0.4, 0.5) is 5.13 Å². The lowest BCUT2D eigenvalue weighted by Gasteiger charge is -2.25. The number of aryl methyl sites for hydroxylation is 1. The van der Waals surface area contributed by atoms with E-state index in [0.717, 1.165) is 54.7 Å². The van der Waals surface area contributed by atoms with E-state index in [2.05, 4.69) is 9.88 Å². The van der Waals surface area contributed by atoms with Gasteiger partial charge >= 0.3 is 0 Å². The highest BCUT2D eigenvalue weighted by Crippen LogP contribution is 2.25. The molecule has 1 aliphatic heterocycles. The predicted molar refractivity (Wildman–Crippen MR) is 59.9 cm³/mol. The van der Waals surface area contributed by atoms with E-state index in [1.807, 2.05) is 6.92 Å². The van der Waals surface area contributed by atoms with E-state index in [4.69, 9.17) is 4.74 Å². The van der Waals surface area contributed by atoms with Crippen molar-refractivity contribution in [2.45, 2.75) is 13.3 Å². The molecule has 4 nitrogen and oxygen atoms in total. The third-order valence-electron chi connectivity index (χ3n) is 2.44. The molecule has 1 aromatic heterocycles. The Kier molecular flexibility index (Phi) is 3.33. The fourth-order valence-corrected chi connectivity index (χ4v) is 2.61. The number of aromatic nitrogens is 1. The van der Waals surface area contributed by atoms with Crippen LogP contribution in [0.3, 0.4) is 0 Å². The minimum atomic E-state index is 0.747. The van der Waals surface area contributed by atoms with Crippen molar-refractivity contribution in [2.75, 3.05) is 31.2 Å². The van der Waals surface area contributed by atoms with Crippen LogP contribution in [0, 0.1) is 0 Å². The van der Waals surface area contributed by atoms with Crippen molar-refractivity contribution in [3.05, 3.63) is 10.6 Å². The van der Waals surface area contributed by atoms with Gasteiger partial charge in [0.15, 0.2) is 11.4 Å². The van der Waals surface area contributed by atoms with E-state index in [0.29, 0.717) is 0 Å². The van der Waals surface area contributed by atoms with E-state index >= 15 is 0 Å². The second kappa shape index (κ2) is 4.72. The van der Waals surface area contributed by atoms with Crippen molar-refractivity contribution in [1.29, 1.82) is 0 Å². The van der Waals surface area contributed by atoms with Crippen molar-refractivity contribution < 1.29 is 9.53 Å². The van der Waals surface area contributed by atoms with Gasteiger partial charge in [-0.1, -0.05) is 18.3 Å². The smallest absolute Gasteiger partial charge is 0.186 e. The molecule has 1 fully saturated rings. The molecule has 1 saturated heterocycles. The molecule has 0 radical (unpaired) electrons. The molecule has 82 valence electrons. The van der Waals surface area contributed by atoms with E-state index in [1.165, 1.54) is 11.3 Å². The Morgan fingerprint density at radius 2 is 2.27 bits per heavy atom. The first-order chi connectivity index (χ1) is 7.35. The number of carbonyl (C=O) groups is 1. The number of hydrogen-bond acceptors (Lipinski definition) is 5. The van der Waals surface area contributed by atoms with Gasteiger partial charge in [0, 0.05) is 13.1 Å². The van der Waals surface area contributed by atoms with Crippen LogP contribution in [0.1, 0.15) is 22.3 Å². The number of rotatable bonds is 3. The summed E-state index contributed by atoms with van der Waals surface area (Å²) in [6.07, 6.45) is 1.72. The van der Waals surface area contributed by atoms with E-state index in [9.17, 15) is 4.79 Å². The number of ether oxygens (including phenoxy) is 1. The molecule has 2 rings (SSSR count). The highest BCUT2D eigenvalue weighted by molar-refractivity contribution is 7.17. The second-order valence-electron chi connectivity index (χ2n) is 3.38. The molecule has 0 amide bonds. The fourth-order valence-electron chi connectivity index (χ4n) is 1.59. The van der Waals surface area contributed by atoms with Crippen LogP contribution < -0.4 is 4.90 Å². The Bertz CT molecular complexity index is 345. The van der Waals surface area contributed by atoms with Gasteiger partial charge in [0.25, 0.3) is 0 Å². The monoisotopic (exact) mass is 226 g/mol. The standard InChI is InChI=1S/C10H14N2O2S/c1-2-8-9(7-13)15-10(11-8)12-3-5-14-6-4-12/h7H,2-6H2,1H3. The largest absolute Gasteiger partial charge is 0.378 e. The normalized spacial score (nSPS) is 16.7. The molecule has 2 heterocycles. The van der Waals surface area contributed by atoms with Crippen molar-refractivity contribution >= 4 is 22.8 Å². The van der Waals surface area contributed by atoms with E-state index in [-0.39, 0.29) is 0 Å². The Hall–Kier alpha value is -0.940. The molecule has 0 aliphatic carbocycles. The Morgan fingerprint density at radius 3 is 2.80 bits per heavy atom. The zero-order valence-corrected chi connectivity index (χ0v) is 9.55. The molecule has 0 spiro atoms. The SMILES string of the molecule is CCc1nc(N2CCOCC2)sc1C=O. The van der Waals surface area contributed by atoms with Crippen LogP contribution >= 0.6 is 11.3 Å². The molecule has 5 heteroatoms. The number of aldehydes is 1. The molecule has 1 aromatic rings. The first-order valence-electron chi connectivity index (χ1n) is 5.12. The summed E-state index contributed by atoms with van der Waals surface area (Å²) in [4.78, 5) is 18.2. The molecule has 15 heavy (non-hydrogen) atoms. The minimum absolute atomic E-state index is 0.747. The van der Waals surface area contributed by atoms with Gasteiger partial charge < -0.3 is 9.64 Å². The van der Waals surface area contributed by atoms with Crippen molar-refractivity contribution in [3.8, 4) is 0 Å². The van der Waals surface area contributed by atoms with Crippen LogP contribution in [0.15, 0.2) is 0 Å². The minimum Gasteiger partial charge on any atom is -0.378 e. The second-order valence-corrected chi connectivity index (χ2v) is 4.39. The molecule has 1 aliphatic rings. The first kappa shape index (κ1) is 10.6. The maximum absolute atomic E-state index is 10.8. The lowest BCUT2D eigenvalue weighted by Crippen LogP contribution is -2.36. The van der Waals surface area contributed by atoms with Crippen LogP contribution in [-0.4, -0.2) is 37.6 Å². The zero-order valence-electron chi connectivity index (χ0n) is 8.73. The summed E-state index contributed by atoms with van der Waals surface area (Å²) in [6.45, 7) is 5.25.